The molecular weight excluding hydrogens is 150 g/mol. The van der Waals surface area contributed by atoms with Crippen molar-refractivity contribution < 1.29 is 4.79 Å². The molecule has 1 rings (SSSR count). The normalized spacial score (nSPS) is 11.6. The lowest BCUT2D eigenvalue weighted by Gasteiger charge is -2.25. The average molecular weight is 165 g/mol. The van der Waals surface area contributed by atoms with E-state index in [-0.39, 0.29) is 11.3 Å². The van der Waals surface area contributed by atoms with Gasteiger partial charge in [0.1, 0.15) is 5.78 Å². The molecule has 0 amide bonds. The van der Waals surface area contributed by atoms with Crippen LogP contribution in [0.3, 0.4) is 0 Å². The average Bonchev–Trinajstić information content (AvgIpc) is 2.32. The van der Waals surface area contributed by atoms with Gasteiger partial charge in [-0.15, -0.1) is 0 Å². The summed E-state index contributed by atoms with van der Waals surface area (Å²) in [6.07, 6.45) is 4.56. The molecule has 0 saturated carbocycles. The van der Waals surface area contributed by atoms with Crippen molar-refractivity contribution in [2.24, 2.45) is 0 Å². The van der Waals surface area contributed by atoms with Crippen LogP contribution in [0, 0.1) is 0 Å². The zero-order valence-corrected chi connectivity index (χ0v) is 7.87. The lowest BCUT2D eigenvalue weighted by molar-refractivity contribution is -0.118. The van der Waals surface area contributed by atoms with Crippen molar-refractivity contribution in [1.82, 2.24) is 4.57 Å². The molecule has 0 aliphatic carbocycles. The Morgan fingerprint density at radius 3 is 2.25 bits per heavy atom. The van der Waals surface area contributed by atoms with E-state index in [1.165, 1.54) is 0 Å². The number of rotatable bonds is 3. The van der Waals surface area contributed by atoms with Gasteiger partial charge in [0.05, 0.1) is 0 Å². The minimum atomic E-state index is -0.0880. The SMILES string of the molecule is CC(=O)CC(C)(C)n1cccc1. The standard InChI is InChI=1S/C10H15NO/c1-9(12)8-10(2,3)11-6-4-5-7-11/h4-7H,8H2,1-3H3. The third-order valence-electron chi connectivity index (χ3n) is 1.98. The Hall–Kier alpha value is -1.05. The monoisotopic (exact) mass is 165 g/mol. The number of aromatic nitrogens is 1. The van der Waals surface area contributed by atoms with Crippen LogP contribution in [-0.2, 0) is 10.3 Å². The van der Waals surface area contributed by atoms with Crippen LogP contribution in [0.2, 0.25) is 0 Å². The molecule has 0 radical (unpaired) electrons. The van der Waals surface area contributed by atoms with Gasteiger partial charge in [0.25, 0.3) is 0 Å². The molecule has 0 aliphatic rings. The molecule has 2 heteroatoms. The molecule has 66 valence electrons. The van der Waals surface area contributed by atoms with E-state index in [4.69, 9.17) is 0 Å². The zero-order valence-electron chi connectivity index (χ0n) is 7.87. The van der Waals surface area contributed by atoms with E-state index in [9.17, 15) is 4.79 Å². The van der Waals surface area contributed by atoms with E-state index in [2.05, 4.69) is 18.4 Å². The maximum absolute atomic E-state index is 10.9. The van der Waals surface area contributed by atoms with Crippen LogP contribution in [0.15, 0.2) is 24.5 Å². The van der Waals surface area contributed by atoms with Crippen molar-refractivity contribution in [3.05, 3.63) is 24.5 Å². The maximum Gasteiger partial charge on any atom is 0.132 e. The first-order chi connectivity index (χ1) is 5.52. The summed E-state index contributed by atoms with van der Waals surface area (Å²) in [4.78, 5) is 10.9. The lowest BCUT2D eigenvalue weighted by Crippen LogP contribution is -2.27. The van der Waals surface area contributed by atoms with Crippen LogP contribution >= 0.6 is 0 Å². The molecule has 2 nitrogen and oxygen atoms in total. The van der Waals surface area contributed by atoms with Crippen molar-refractivity contribution in [3.8, 4) is 0 Å². The Morgan fingerprint density at radius 1 is 1.33 bits per heavy atom. The maximum atomic E-state index is 10.9. The van der Waals surface area contributed by atoms with Gasteiger partial charge in [-0.05, 0) is 32.9 Å². The van der Waals surface area contributed by atoms with Crippen molar-refractivity contribution in [2.75, 3.05) is 0 Å². The molecule has 1 heterocycles. The molecule has 0 fully saturated rings. The second-order valence-corrected chi connectivity index (χ2v) is 3.78. The Bertz CT molecular complexity index is 259. The minimum Gasteiger partial charge on any atom is -0.348 e. The van der Waals surface area contributed by atoms with Crippen molar-refractivity contribution >= 4 is 5.78 Å². The largest absolute Gasteiger partial charge is 0.348 e. The summed E-state index contributed by atoms with van der Waals surface area (Å²) >= 11 is 0. The summed E-state index contributed by atoms with van der Waals surface area (Å²) in [6.45, 7) is 5.76. The molecule has 0 atom stereocenters. The summed E-state index contributed by atoms with van der Waals surface area (Å²) in [5.41, 5.74) is -0.0880. The van der Waals surface area contributed by atoms with Gasteiger partial charge in [-0.1, -0.05) is 0 Å². The molecule has 0 aliphatic heterocycles. The van der Waals surface area contributed by atoms with Crippen LogP contribution in [0.4, 0.5) is 0 Å². The first kappa shape index (κ1) is 9.04. The minimum absolute atomic E-state index is 0.0880. The molecule has 0 aromatic carbocycles. The Kier molecular flexibility index (Phi) is 2.36. The molecule has 0 saturated heterocycles. The fraction of sp³-hybridized carbons (Fsp3) is 0.500. The van der Waals surface area contributed by atoms with Crippen LogP contribution in [0.1, 0.15) is 27.2 Å². The first-order valence-corrected chi connectivity index (χ1v) is 4.15. The molecule has 0 unspecified atom stereocenters. The molecule has 0 N–H and O–H groups in total. The highest BCUT2D eigenvalue weighted by Gasteiger charge is 2.20. The van der Waals surface area contributed by atoms with Gasteiger partial charge >= 0.3 is 0 Å². The third kappa shape index (κ3) is 1.97. The van der Waals surface area contributed by atoms with Crippen LogP contribution in [-0.4, -0.2) is 10.4 Å². The predicted octanol–water partition coefficient (Wildman–Crippen LogP) is 2.20. The van der Waals surface area contributed by atoms with Crippen molar-refractivity contribution in [2.45, 2.75) is 32.7 Å². The summed E-state index contributed by atoms with van der Waals surface area (Å²) in [7, 11) is 0. The number of Topliss-reactive ketones (excluding diaryl/α,β-unsaturated/α-hetero) is 1. The molecule has 0 spiro atoms. The Morgan fingerprint density at radius 2 is 1.83 bits per heavy atom. The molecule has 1 aromatic rings. The highest BCUT2D eigenvalue weighted by atomic mass is 16.1. The summed E-state index contributed by atoms with van der Waals surface area (Å²) in [5, 5.41) is 0. The second-order valence-electron chi connectivity index (χ2n) is 3.78. The topological polar surface area (TPSA) is 22.0 Å². The fourth-order valence-corrected chi connectivity index (χ4v) is 1.44. The van der Waals surface area contributed by atoms with Gasteiger partial charge in [-0.2, -0.15) is 0 Å². The van der Waals surface area contributed by atoms with E-state index in [0.29, 0.717) is 6.42 Å². The van der Waals surface area contributed by atoms with Crippen molar-refractivity contribution in [1.29, 1.82) is 0 Å². The summed E-state index contributed by atoms with van der Waals surface area (Å²) in [5.74, 6) is 0.230. The molecule has 1 aromatic heterocycles. The van der Waals surface area contributed by atoms with E-state index in [1.54, 1.807) is 6.92 Å². The quantitative estimate of drug-likeness (QED) is 0.673. The van der Waals surface area contributed by atoms with Gasteiger partial charge in [0.2, 0.25) is 0 Å². The number of hydrogen-bond donors (Lipinski definition) is 0. The summed E-state index contributed by atoms with van der Waals surface area (Å²) in [6, 6.07) is 3.95. The predicted molar refractivity (Wildman–Crippen MR) is 49.1 cm³/mol. The molecular formula is C10H15NO. The van der Waals surface area contributed by atoms with Gasteiger partial charge in [-0.25, -0.2) is 0 Å². The number of nitrogens with zero attached hydrogens (tertiary/aromatic N) is 1. The molecule has 12 heavy (non-hydrogen) atoms. The van der Waals surface area contributed by atoms with E-state index < -0.39 is 0 Å². The lowest BCUT2D eigenvalue weighted by atomic mass is 9.98. The van der Waals surface area contributed by atoms with Gasteiger partial charge in [0, 0.05) is 24.4 Å². The van der Waals surface area contributed by atoms with Crippen LogP contribution in [0.25, 0.3) is 0 Å². The van der Waals surface area contributed by atoms with E-state index in [1.807, 2.05) is 24.5 Å². The first-order valence-electron chi connectivity index (χ1n) is 4.15. The summed E-state index contributed by atoms with van der Waals surface area (Å²) < 4.78 is 2.06. The van der Waals surface area contributed by atoms with Crippen LogP contribution < -0.4 is 0 Å². The van der Waals surface area contributed by atoms with Gasteiger partial charge in [-0.3, -0.25) is 4.79 Å². The Balaban J connectivity index is 2.79. The number of carbonyl (C=O) groups excluding carboxylic acids is 1. The van der Waals surface area contributed by atoms with Gasteiger partial charge in [0.15, 0.2) is 0 Å². The Labute approximate surface area is 73.2 Å². The highest BCUT2D eigenvalue weighted by Crippen LogP contribution is 2.19. The zero-order chi connectivity index (χ0) is 9.19. The second kappa shape index (κ2) is 3.13. The highest BCUT2D eigenvalue weighted by molar-refractivity contribution is 5.76. The van der Waals surface area contributed by atoms with E-state index >= 15 is 0 Å². The molecule has 0 bridgehead atoms. The number of ketones is 1. The smallest absolute Gasteiger partial charge is 0.132 e. The van der Waals surface area contributed by atoms with Crippen LogP contribution in [0.5, 0.6) is 0 Å². The van der Waals surface area contributed by atoms with E-state index in [0.717, 1.165) is 0 Å². The fourth-order valence-electron chi connectivity index (χ4n) is 1.44. The van der Waals surface area contributed by atoms with Crippen molar-refractivity contribution in [3.63, 3.8) is 0 Å². The third-order valence-corrected chi connectivity index (χ3v) is 1.98. The van der Waals surface area contributed by atoms with Gasteiger partial charge < -0.3 is 4.57 Å². The number of hydrogen-bond acceptors (Lipinski definition) is 1. The number of carbonyl (C=O) groups is 1.